The van der Waals surface area contributed by atoms with Gasteiger partial charge in [0.25, 0.3) is 0 Å². The topological polar surface area (TPSA) is 85.6 Å². The van der Waals surface area contributed by atoms with Gasteiger partial charge in [0.1, 0.15) is 0 Å². The summed E-state index contributed by atoms with van der Waals surface area (Å²) in [6, 6.07) is 17.2. The second-order valence-corrected chi connectivity index (χ2v) is 7.85. The fourth-order valence-electron chi connectivity index (χ4n) is 3.98. The SMILES string of the molecule is CCOc1ccc(N2CC3(O[C@H](CO)[C@@H](O)[C@@H]3O)N(c3ccccc3)C2=[Se])cc1. The third kappa shape index (κ3) is 3.36. The van der Waals surface area contributed by atoms with Crippen LogP contribution < -0.4 is 14.5 Å². The minimum absolute atomic E-state index is 0.271. The molecule has 0 aromatic heterocycles. The first-order chi connectivity index (χ1) is 14.0. The van der Waals surface area contributed by atoms with Gasteiger partial charge >= 0.3 is 177 Å². The van der Waals surface area contributed by atoms with Crippen LogP contribution in [-0.4, -0.2) is 79.4 Å². The van der Waals surface area contributed by atoms with E-state index in [4.69, 9.17) is 9.47 Å². The number of aliphatic hydroxyl groups excluding tert-OH is 3. The molecule has 4 atom stereocenters. The Morgan fingerprint density at radius 3 is 2.38 bits per heavy atom. The van der Waals surface area contributed by atoms with Crippen molar-refractivity contribution >= 4 is 31.6 Å². The summed E-state index contributed by atoms with van der Waals surface area (Å²) >= 11 is 3.10. The van der Waals surface area contributed by atoms with Gasteiger partial charge in [-0.1, -0.05) is 0 Å². The number of anilines is 2. The second-order valence-electron chi connectivity index (χ2n) is 7.09. The quantitative estimate of drug-likeness (QED) is 0.557. The Morgan fingerprint density at radius 2 is 1.79 bits per heavy atom. The van der Waals surface area contributed by atoms with Crippen molar-refractivity contribution in [2.24, 2.45) is 0 Å². The van der Waals surface area contributed by atoms with Gasteiger partial charge in [-0.25, -0.2) is 0 Å². The van der Waals surface area contributed by atoms with E-state index in [1.165, 1.54) is 0 Å². The van der Waals surface area contributed by atoms with Gasteiger partial charge in [0, 0.05) is 0 Å². The number of para-hydroxylation sites is 1. The molecule has 3 N–H and O–H groups in total. The zero-order valence-electron chi connectivity index (χ0n) is 16.0. The number of hydrogen-bond donors (Lipinski definition) is 3. The molecule has 4 rings (SSSR count). The summed E-state index contributed by atoms with van der Waals surface area (Å²) in [5.74, 6) is 0.777. The standard InChI is InChI=1S/C21H24N2O5Se/c1-2-27-16-10-8-14(9-11-16)22-13-21(19(26)18(25)17(12-24)28-21)23(20(22)29)15-6-4-3-5-7-15/h3-11,17-19,24-26H,2,12-13H2,1H3/t17-,18-,19+,21?/m1/s1. The number of rotatable bonds is 5. The molecule has 0 amide bonds. The molecule has 2 aromatic rings. The Labute approximate surface area is 177 Å². The van der Waals surface area contributed by atoms with E-state index < -0.39 is 24.0 Å². The van der Waals surface area contributed by atoms with E-state index >= 15 is 0 Å². The van der Waals surface area contributed by atoms with Crippen molar-refractivity contribution < 1.29 is 24.8 Å². The van der Waals surface area contributed by atoms with Crippen molar-refractivity contribution in [3.8, 4) is 5.75 Å². The van der Waals surface area contributed by atoms with Gasteiger partial charge in [0.15, 0.2) is 0 Å². The molecule has 2 aliphatic heterocycles. The first-order valence-corrected chi connectivity index (χ1v) is 10.4. The van der Waals surface area contributed by atoms with Crippen LogP contribution in [0.15, 0.2) is 54.6 Å². The number of ether oxygens (including phenoxy) is 2. The summed E-state index contributed by atoms with van der Waals surface area (Å²) in [5, 5.41) is 31.1. The molecule has 0 bridgehead atoms. The maximum atomic E-state index is 11.0. The van der Waals surface area contributed by atoms with Crippen LogP contribution in [0, 0.1) is 0 Å². The van der Waals surface area contributed by atoms with Gasteiger partial charge in [0.05, 0.1) is 0 Å². The van der Waals surface area contributed by atoms with Gasteiger partial charge < -0.3 is 0 Å². The summed E-state index contributed by atoms with van der Waals surface area (Å²) in [7, 11) is 0. The van der Waals surface area contributed by atoms with E-state index in [9.17, 15) is 15.3 Å². The van der Waals surface area contributed by atoms with Crippen molar-refractivity contribution in [1.82, 2.24) is 0 Å². The third-order valence-electron chi connectivity index (χ3n) is 5.36. The zero-order valence-corrected chi connectivity index (χ0v) is 17.7. The average Bonchev–Trinajstić information content (AvgIpc) is 3.17. The first-order valence-electron chi connectivity index (χ1n) is 9.56. The molecule has 7 nitrogen and oxygen atoms in total. The molecule has 1 spiro atoms. The molecule has 2 fully saturated rings. The zero-order chi connectivity index (χ0) is 20.6. The summed E-state index contributed by atoms with van der Waals surface area (Å²) in [4.78, 5) is 3.84. The fourth-order valence-corrected chi connectivity index (χ4v) is 4.88. The van der Waals surface area contributed by atoms with E-state index in [1.54, 1.807) is 0 Å². The van der Waals surface area contributed by atoms with E-state index in [-0.39, 0.29) is 13.2 Å². The summed E-state index contributed by atoms with van der Waals surface area (Å²) in [6.45, 7) is 2.42. The van der Waals surface area contributed by atoms with Crippen LogP contribution in [0.1, 0.15) is 6.92 Å². The van der Waals surface area contributed by atoms with Gasteiger partial charge in [-0.2, -0.15) is 0 Å². The Bertz CT molecular complexity index is 865. The molecule has 29 heavy (non-hydrogen) atoms. The molecule has 8 heteroatoms. The van der Waals surface area contributed by atoms with Crippen molar-refractivity contribution in [1.29, 1.82) is 0 Å². The van der Waals surface area contributed by atoms with Gasteiger partial charge in [-0.3, -0.25) is 0 Å². The number of nitrogens with zero attached hydrogens (tertiary/aromatic N) is 2. The summed E-state index contributed by atoms with van der Waals surface area (Å²) < 4.78 is 12.4. The summed E-state index contributed by atoms with van der Waals surface area (Å²) in [5.41, 5.74) is 0.449. The van der Waals surface area contributed by atoms with Crippen LogP contribution >= 0.6 is 0 Å². The normalized spacial score (nSPS) is 29.1. The van der Waals surface area contributed by atoms with Crippen molar-refractivity contribution in [2.45, 2.75) is 31.0 Å². The molecule has 0 aliphatic carbocycles. The van der Waals surface area contributed by atoms with Gasteiger partial charge in [0.2, 0.25) is 0 Å². The van der Waals surface area contributed by atoms with Crippen LogP contribution in [0.2, 0.25) is 0 Å². The summed E-state index contributed by atoms with van der Waals surface area (Å²) in [6.07, 6.45) is -3.28. The second kappa shape index (κ2) is 8.07. The van der Waals surface area contributed by atoms with Crippen molar-refractivity contribution in [3.05, 3.63) is 54.6 Å². The van der Waals surface area contributed by atoms with Crippen molar-refractivity contribution in [3.63, 3.8) is 0 Å². The first kappa shape index (κ1) is 20.3. The molecular weight excluding hydrogens is 439 g/mol. The third-order valence-corrected chi connectivity index (χ3v) is 6.21. The Morgan fingerprint density at radius 1 is 1.10 bits per heavy atom. The predicted octanol–water partition coefficient (Wildman–Crippen LogP) is 0.477. The molecule has 154 valence electrons. The molecular formula is C21H24N2O5Se. The Kier molecular flexibility index (Phi) is 5.66. The van der Waals surface area contributed by atoms with E-state index in [0.29, 0.717) is 6.61 Å². The monoisotopic (exact) mass is 464 g/mol. The predicted molar refractivity (Wildman–Crippen MR) is 111 cm³/mol. The van der Waals surface area contributed by atoms with E-state index in [1.807, 2.05) is 71.3 Å². The number of benzene rings is 2. The number of aliphatic hydroxyl groups is 3. The molecule has 2 aliphatic rings. The molecule has 0 saturated carbocycles. The van der Waals surface area contributed by atoms with Gasteiger partial charge in [-0.15, -0.1) is 0 Å². The van der Waals surface area contributed by atoms with Crippen LogP contribution in [0.25, 0.3) is 0 Å². The number of hydrogen-bond acceptors (Lipinski definition) is 7. The Hall–Kier alpha value is -1.93. The van der Waals surface area contributed by atoms with Crippen LogP contribution in [0.3, 0.4) is 0 Å². The maximum absolute atomic E-state index is 11.0. The van der Waals surface area contributed by atoms with Gasteiger partial charge in [-0.05, 0) is 0 Å². The van der Waals surface area contributed by atoms with Crippen LogP contribution in [0.5, 0.6) is 5.75 Å². The molecule has 2 aromatic carbocycles. The fraction of sp³-hybridized carbons (Fsp3) is 0.381. The van der Waals surface area contributed by atoms with Crippen LogP contribution in [0.4, 0.5) is 11.4 Å². The van der Waals surface area contributed by atoms with E-state index in [0.717, 1.165) is 21.8 Å². The molecule has 0 radical (unpaired) electrons. The van der Waals surface area contributed by atoms with E-state index in [2.05, 4.69) is 15.6 Å². The van der Waals surface area contributed by atoms with Crippen LogP contribution in [-0.2, 0) is 4.74 Å². The molecule has 2 saturated heterocycles. The minimum atomic E-state index is -1.24. The average molecular weight is 463 g/mol. The Balaban J connectivity index is 1.75. The van der Waals surface area contributed by atoms with Crippen molar-refractivity contribution in [2.75, 3.05) is 29.6 Å². The molecule has 1 unspecified atom stereocenters. The molecule has 2 heterocycles.